The molecule has 4 aromatic rings. The molecule has 2 heterocycles. The van der Waals surface area contributed by atoms with Crippen molar-refractivity contribution in [3.63, 3.8) is 0 Å². The van der Waals surface area contributed by atoms with Gasteiger partial charge in [0, 0.05) is 5.39 Å². The Balaban J connectivity index is 1.85. The molecule has 5 heteroatoms. The van der Waals surface area contributed by atoms with Crippen molar-refractivity contribution in [3.8, 4) is 6.07 Å². The molecular weight excluding hydrogens is 300 g/mol. The zero-order valence-corrected chi connectivity index (χ0v) is 12.6. The van der Waals surface area contributed by atoms with Crippen LogP contribution in [0.25, 0.3) is 33.6 Å². The van der Waals surface area contributed by atoms with E-state index in [0.29, 0.717) is 16.7 Å². The molecule has 0 bridgehead atoms. The van der Waals surface area contributed by atoms with Gasteiger partial charge in [-0.1, -0.05) is 36.4 Å². The van der Waals surface area contributed by atoms with Gasteiger partial charge in [-0.25, -0.2) is 9.97 Å². The molecule has 0 radical (unpaired) electrons. The van der Waals surface area contributed by atoms with E-state index in [1.54, 1.807) is 24.3 Å². The molecule has 1 N–H and O–H groups in total. The summed E-state index contributed by atoms with van der Waals surface area (Å²) in [7, 11) is 0. The van der Waals surface area contributed by atoms with Crippen LogP contribution >= 0.6 is 0 Å². The number of hydrogen-bond donors (Lipinski definition) is 1. The lowest BCUT2D eigenvalue weighted by atomic mass is 10.1. The Bertz CT molecular complexity index is 1130. The van der Waals surface area contributed by atoms with E-state index in [9.17, 15) is 10.5 Å². The van der Waals surface area contributed by atoms with Crippen LogP contribution in [0.3, 0.4) is 0 Å². The monoisotopic (exact) mass is 312 g/mol. The summed E-state index contributed by atoms with van der Waals surface area (Å²) < 4.78 is 0.936. The number of imidazole rings is 1. The molecule has 2 aromatic carbocycles. The van der Waals surface area contributed by atoms with Crippen LogP contribution in [0.1, 0.15) is 11.5 Å². The second kappa shape index (κ2) is 5.52. The topological polar surface area (TPSA) is 74.7 Å². The van der Waals surface area contributed by atoms with Crippen molar-refractivity contribution < 1.29 is 5.21 Å². The van der Waals surface area contributed by atoms with Gasteiger partial charge in [0.1, 0.15) is 17.2 Å². The number of hydrogen-bond acceptors (Lipinski definition) is 4. The third-order valence-electron chi connectivity index (χ3n) is 3.81. The Labute approximate surface area is 137 Å². The van der Waals surface area contributed by atoms with E-state index in [0.717, 1.165) is 15.6 Å². The maximum Gasteiger partial charge on any atom is 0.187 e. The lowest BCUT2D eigenvalue weighted by Crippen LogP contribution is -1.97. The zero-order valence-electron chi connectivity index (χ0n) is 12.6. The molecule has 0 aliphatic carbocycles. The standard InChI is InChI=1S/C19H12N4O/c20-12-14(19-22-17-7-3-4-8-18(17)23(19)24)11-15-10-9-13-5-1-2-6-16(13)21-15/h1-11,24H/b14-11+. The molecule has 0 aliphatic rings. The van der Waals surface area contributed by atoms with Crippen LogP contribution in [-0.2, 0) is 0 Å². The molecule has 0 saturated carbocycles. The minimum absolute atomic E-state index is 0.202. The van der Waals surface area contributed by atoms with Gasteiger partial charge in [-0.3, -0.25) is 0 Å². The first-order valence-corrected chi connectivity index (χ1v) is 7.41. The van der Waals surface area contributed by atoms with Gasteiger partial charge in [0.15, 0.2) is 5.82 Å². The number of nitrogens with zero attached hydrogens (tertiary/aromatic N) is 4. The van der Waals surface area contributed by atoms with Crippen LogP contribution in [0, 0.1) is 11.3 Å². The van der Waals surface area contributed by atoms with Gasteiger partial charge in [0.2, 0.25) is 0 Å². The molecule has 5 nitrogen and oxygen atoms in total. The molecule has 0 unspecified atom stereocenters. The molecule has 24 heavy (non-hydrogen) atoms. The SMILES string of the molecule is N#C/C(=C\c1ccc2ccccc2n1)c1nc2ccccc2n1O. The van der Waals surface area contributed by atoms with Crippen LogP contribution < -0.4 is 0 Å². The molecule has 0 aliphatic heterocycles. The number of pyridine rings is 1. The fourth-order valence-corrected chi connectivity index (χ4v) is 2.64. The fraction of sp³-hybridized carbons (Fsp3) is 0. The highest BCUT2D eigenvalue weighted by Crippen LogP contribution is 2.22. The first kappa shape index (κ1) is 14.0. The smallest absolute Gasteiger partial charge is 0.187 e. The maximum atomic E-state index is 10.3. The Kier molecular flexibility index (Phi) is 3.22. The third kappa shape index (κ3) is 2.27. The van der Waals surface area contributed by atoms with E-state index in [2.05, 4.69) is 16.0 Å². The molecule has 4 rings (SSSR count). The molecule has 0 atom stereocenters. The largest absolute Gasteiger partial charge is 0.426 e. The van der Waals surface area contributed by atoms with Crippen LogP contribution in [0.4, 0.5) is 0 Å². The second-order valence-electron chi connectivity index (χ2n) is 5.33. The first-order valence-electron chi connectivity index (χ1n) is 7.41. The summed E-state index contributed by atoms with van der Waals surface area (Å²) in [5.41, 5.74) is 2.91. The molecule has 0 spiro atoms. The summed E-state index contributed by atoms with van der Waals surface area (Å²) in [5.74, 6) is 0.202. The van der Waals surface area contributed by atoms with Crippen molar-refractivity contribution >= 4 is 33.6 Å². The molecule has 2 aromatic heterocycles. The van der Waals surface area contributed by atoms with E-state index >= 15 is 0 Å². The quantitative estimate of drug-likeness (QED) is 0.450. The number of para-hydroxylation sites is 3. The number of fused-ring (bicyclic) bond motifs is 2. The highest BCUT2D eigenvalue weighted by Gasteiger charge is 2.14. The number of rotatable bonds is 2. The Hall–Kier alpha value is -3.65. The normalized spacial score (nSPS) is 11.7. The lowest BCUT2D eigenvalue weighted by Gasteiger charge is -2.01. The van der Waals surface area contributed by atoms with E-state index < -0.39 is 0 Å². The van der Waals surface area contributed by atoms with Crippen LogP contribution in [0.15, 0.2) is 60.7 Å². The molecule has 0 amide bonds. The average molecular weight is 312 g/mol. The predicted molar refractivity (Wildman–Crippen MR) is 92.1 cm³/mol. The second-order valence-corrected chi connectivity index (χ2v) is 5.33. The molecular formula is C19H12N4O. The van der Waals surface area contributed by atoms with Gasteiger partial charge in [-0.2, -0.15) is 9.99 Å². The average Bonchev–Trinajstić information content (AvgIpc) is 2.96. The molecule has 0 saturated heterocycles. The van der Waals surface area contributed by atoms with Gasteiger partial charge in [0.05, 0.1) is 16.7 Å². The maximum absolute atomic E-state index is 10.3. The van der Waals surface area contributed by atoms with Gasteiger partial charge in [-0.05, 0) is 30.3 Å². The van der Waals surface area contributed by atoms with Gasteiger partial charge in [0.25, 0.3) is 0 Å². The fourth-order valence-electron chi connectivity index (χ4n) is 2.64. The van der Waals surface area contributed by atoms with Crippen molar-refractivity contribution in [2.24, 2.45) is 0 Å². The summed E-state index contributed by atoms with van der Waals surface area (Å²) in [6.45, 7) is 0. The van der Waals surface area contributed by atoms with Crippen LogP contribution in [0.2, 0.25) is 0 Å². The number of aromatic nitrogens is 3. The van der Waals surface area contributed by atoms with Crippen molar-refractivity contribution in [1.82, 2.24) is 14.7 Å². The number of nitriles is 1. The minimum atomic E-state index is 0.202. The van der Waals surface area contributed by atoms with Crippen LogP contribution in [0.5, 0.6) is 0 Å². The van der Waals surface area contributed by atoms with Crippen molar-refractivity contribution in [1.29, 1.82) is 5.26 Å². The van der Waals surface area contributed by atoms with E-state index in [-0.39, 0.29) is 11.4 Å². The van der Waals surface area contributed by atoms with Crippen molar-refractivity contribution in [3.05, 3.63) is 72.2 Å². The summed E-state index contributed by atoms with van der Waals surface area (Å²) in [6, 6.07) is 20.8. The molecule has 0 fully saturated rings. The molecule has 114 valence electrons. The van der Waals surface area contributed by atoms with E-state index in [1.807, 2.05) is 42.5 Å². The summed E-state index contributed by atoms with van der Waals surface area (Å²) in [6.07, 6.45) is 1.63. The number of benzene rings is 2. The van der Waals surface area contributed by atoms with Crippen molar-refractivity contribution in [2.75, 3.05) is 0 Å². The van der Waals surface area contributed by atoms with Gasteiger partial charge >= 0.3 is 0 Å². The highest BCUT2D eigenvalue weighted by atomic mass is 16.5. The summed E-state index contributed by atoms with van der Waals surface area (Å²) >= 11 is 0. The highest BCUT2D eigenvalue weighted by molar-refractivity contribution is 5.91. The third-order valence-corrected chi connectivity index (χ3v) is 3.81. The predicted octanol–water partition coefficient (Wildman–Crippen LogP) is 3.89. The zero-order chi connectivity index (χ0) is 16.5. The summed E-state index contributed by atoms with van der Waals surface area (Å²) in [5, 5.41) is 20.8. The number of allylic oxidation sites excluding steroid dienone is 1. The Morgan fingerprint density at radius 2 is 1.71 bits per heavy atom. The summed E-state index contributed by atoms with van der Waals surface area (Å²) in [4.78, 5) is 8.86. The Morgan fingerprint density at radius 3 is 2.50 bits per heavy atom. The van der Waals surface area contributed by atoms with E-state index in [1.165, 1.54) is 0 Å². The van der Waals surface area contributed by atoms with E-state index in [4.69, 9.17) is 0 Å². The Morgan fingerprint density at radius 1 is 0.958 bits per heavy atom. The lowest BCUT2D eigenvalue weighted by molar-refractivity contribution is 0.195. The minimum Gasteiger partial charge on any atom is -0.426 e. The van der Waals surface area contributed by atoms with Gasteiger partial charge < -0.3 is 5.21 Å². The van der Waals surface area contributed by atoms with Crippen molar-refractivity contribution in [2.45, 2.75) is 0 Å². The first-order chi connectivity index (χ1) is 11.8. The van der Waals surface area contributed by atoms with Crippen LogP contribution in [-0.4, -0.2) is 19.9 Å². The van der Waals surface area contributed by atoms with Gasteiger partial charge in [-0.15, -0.1) is 0 Å².